The van der Waals surface area contributed by atoms with Crippen molar-refractivity contribution in [2.45, 2.75) is 12.8 Å². The van der Waals surface area contributed by atoms with Gasteiger partial charge in [0.05, 0.1) is 24.3 Å². The van der Waals surface area contributed by atoms with Crippen molar-refractivity contribution in [3.8, 4) is 0 Å². The third kappa shape index (κ3) is 6.57. The maximum absolute atomic E-state index is 13.4. The molecule has 1 atom stereocenters. The summed E-state index contributed by atoms with van der Waals surface area (Å²) in [6, 6.07) is 20.7. The molecule has 0 bridgehead atoms. The minimum absolute atomic E-state index is 0.00203. The third-order valence-corrected chi connectivity index (χ3v) is 8.61. The van der Waals surface area contributed by atoms with Crippen LogP contribution >= 0.6 is 0 Å². The van der Waals surface area contributed by atoms with Crippen LogP contribution in [0.1, 0.15) is 23.2 Å². The molecular weight excluding hydrogens is 500 g/mol. The average molecular weight is 543 g/mol. The Morgan fingerprint density at radius 3 is 2.48 bits per heavy atom. The quantitative estimate of drug-likeness (QED) is 0.416. The van der Waals surface area contributed by atoms with Gasteiger partial charge in [-0.3, -0.25) is 14.6 Å². The highest BCUT2D eigenvalue weighted by Crippen LogP contribution is 2.28. The molecule has 40 heavy (non-hydrogen) atoms. The minimum Gasteiger partial charge on any atom is -0.379 e. The lowest BCUT2D eigenvalue weighted by Gasteiger charge is -2.36. The van der Waals surface area contributed by atoms with Crippen LogP contribution in [0.4, 0.5) is 11.5 Å². The molecule has 3 aromatic rings. The van der Waals surface area contributed by atoms with Crippen LogP contribution in [0.15, 0.2) is 60.7 Å². The maximum Gasteiger partial charge on any atom is 0.252 e. The van der Waals surface area contributed by atoms with Gasteiger partial charge in [-0.2, -0.15) is 0 Å². The molecule has 3 aliphatic rings. The smallest absolute Gasteiger partial charge is 0.252 e. The summed E-state index contributed by atoms with van der Waals surface area (Å²) in [4.78, 5) is 28.2. The molecule has 6 rings (SSSR count). The van der Waals surface area contributed by atoms with Crippen molar-refractivity contribution in [3.63, 3.8) is 0 Å². The number of carbonyl (C=O) groups excluding carboxylic acids is 1. The van der Waals surface area contributed by atoms with Crippen LogP contribution in [0, 0.1) is 5.92 Å². The van der Waals surface area contributed by atoms with Gasteiger partial charge in [-0.05, 0) is 49.6 Å². The third-order valence-electron chi connectivity index (χ3n) is 8.61. The zero-order valence-electron chi connectivity index (χ0n) is 23.5. The number of aromatic nitrogens is 1. The van der Waals surface area contributed by atoms with E-state index in [-0.39, 0.29) is 5.91 Å². The van der Waals surface area contributed by atoms with Gasteiger partial charge in [-0.1, -0.05) is 36.4 Å². The van der Waals surface area contributed by atoms with Crippen LogP contribution in [0.3, 0.4) is 0 Å². The van der Waals surface area contributed by atoms with Crippen LogP contribution in [-0.4, -0.2) is 106 Å². The largest absolute Gasteiger partial charge is 0.379 e. The molecule has 1 amide bonds. The first-order valence-electron chi connectivity index (χ1n) is 15.0. The van der Waals surface area contributed by atoms with Gasteiger partial charge >= 0.3 is 0 Å². The van der Waals surface area contributed by atoms with E-state index in [0.717, 1.165) is 114 Å². The Morgan fingerprint density at radius 1 is 0.875 bits per heavy atom. The Labute approximate surface area is 237 Å². The van der Waals surface area contributed by atoms with E-state index in [4.69, 9.17) is 9.72 Å². The Hall–Kier alpha value is -3.20. The molecule has 3 fully saturated rings. The predicted molar refractivity (Wildman–Crippen MR) is 161 cm³/mol. The first-order valence-corrected chi connectivity index (χ1v) is 15.0. The summed E-state index contributed by atoms with van der Waals surface area (Å²) in [7, 11) is 0. The molecule has 0 radical (unpaired) electrons. The standard InChI is InChI=1S/C32H42N6O2/c39-32(33-12-6-13-35-15-17-37(18-16-35)27-7-2-1-3-8-27)29-23-31(34-30-10-5-4-9-28(29)30)38-14-11-26(25-38)24-36-19-21-40-22-20-36/h1-5,7-10,23,26H,6,11-22,24-25H2,(H,33,39). The van der Waals surface area contributed by atoms with E-state index in [9.17, 15) is 4.79 Å². The molecule has 3 saturated heterocycles. The van der Waals surface area contributed by atoms with Gasteiger partial charge in [0.25, 0.3) is 5.91 Å². The number of amides is 1. The van der Waals surface area contributed by atoms with Gasteiger partial charge in [0.1, 0.15) is 5.82 Å². The van der Waals surface area contributed by atoms with Crippen molar-refractivity contribution in [2.75, 3.05) is 95.0 Å². The van der Waals surface area contributed by atoms with E-state index in [1.54, 1.807) is 0 Å². The molecule has 1 N–H and O–H groups in total. The molecule has 212 valence electrons. The zero-order valence-corrected chi connectivity index (χ0v) is 23.5. The number of fused-ring (bicyclic) bond motifs is 1. The fraction of sp³-hybridized carbons (Fsp3) is 0.500. The lowest BCUT2D eigenvalue weighted by Crippen LogP contribution is -2.47. The highest BCUT2D eigenvalue weighted by atomic mass is 16.5. The number of nitrogens with zero attached hydrogens (tertiary/aromatic N) is 5. The number of morpholine rings is 1. The molecule has 0 saturated carbocycles. The van der Waals surface area contributed by atoms with Gasteiger partial charge in [0, 0.05) is 76.5 Å². The van der Waals surface area contributed by atoms with Gasteiger partial charge in [0.15, 0.2) is 0 Å². The van der Waals surface area contributed by atoms with Crippen LogP contribution < -0.4 is 15.1 Å². The fourth-order valence-electron chi connectivity index (χ4n) is 6.32. The van der Waals surface area contributed by atoms with Crippen molar-refractivity contribution in [1.29, 1.82) is 0 Å². The van der Waals surface area contributed by atoms with E-state index in [2.05, 4.69) is 55.2 Å². The minimum atomic E-state index is -0.00203. The number of benzene rings is 2. The summed E-state index contributed by atoms with van der Waals surface area (Å²) in [5.74, 6) is 1.54. The molecule has 0 spiro atoms. The zero-order chi connectivity index (χ0) is 27.1. The molecule has 2 aromatic carbocycles. The average Bonchev–Trinajstić information content (AvgIpc) is 3.48. The SMILES string of the molecule is O=C(NCCCN1CCN(c2ccccc2)CC1)c1cc(N2CCC(CN3CCOCC3)C2)nc2ccccc12. The normalized spacial score (nSPS) is 20.8. The van der Waals surface area contributed by atoms with Crippen molar-refractivity contribution in [1.82, 2.24) is 20.1 Å². The first-order chi connectivity index (χ1) is 19.7. The van der Waals surface area contributed by atoms with Gasteiger partial charge in [0.2, 0.25) is 0 Å². The summed E-state index contributed by atoms with van der Waals surface area (Å²) >= 11 is 0. The first kappa shape index (κ1) is 27.0. The predicted octanol–water partition coefficient (Wildman–Crippen LogP) is 3.34. The molecule has 0 aliphatic carbocycles. The van der Waals surface area contributed by atoms with Crippen LogP contribution in [0.5, 0.6) is 0 Å². The van der Waals surface area contributed by atoms with Gasteiger partial charge in [-0.25, -0.2) is 4.98 Å². The Bertz CT molecular complexity index is 1260. The van der Waals surface area contributed by atoms with Crippen molar-refractivity contribution >= 4 is 28.3 Å². The van der Waals surface area contributed by atoms with Crippen molar-refractivity contribution in [2.24, 2.45) is 5.92 Å². The maximum atomic E-state index is 13.4. The second-order valence-electron chi connectivity index (χ2n) is 11.3. The van der Waals surface area contributed by atoms with Crippen LogP contribution in [0.2, 0.25) is 0 Å². The van der Waals surface area contributed by atoms with E-state index in [1.165, 1.54) is 5.69 Å². The Morgan fingerprint density at radius 2 is 1.65 bits per heavy atom. The second-order valence-corrected chi connectivity index (χ2v) is 11.3. The molecular formula is C32H42N6O2. The van der Waals surface area contributed by atoms with E-state index >= 15 is 0 Å². The van der Waals surface area contributed by atoms with Crippen LogP contribution in [0.25, 0.3) is 10.9 Å². The Balaban J connectivity index is 1.02. The number of carbonyl (C=O) groups is 1. The highest BCUT2D eigenvalue weighted by molar-refractivity contribution is 6.07. The number of pyridine rings is 1. The number of hydrogen-bond donors (Lipinski definition) is 1. The number of ether oxygens (including phenoxy) is 1. The number of piperazine rings is 1. The Kier molecular flexibility index (Phi) is 8.76. The number of rotatable bonds is 9. The summed E-state index contributed by atoms with van der Waals surface area (Å²) < 4.78 is 5.51. The lowest BCUT2D eigenvalue weighted by molar-refractivity contribution is 0.0320. The highest BCUT2D eigenvalue weighted by Gasteiger charge is 2.27. The van der Waals surface area contributed by atoms with Crippen molar-refractivity contribution in [3.05, 3.63) is 66.2 Å². The number of para-hydroxylation sites is 2. The number of nitrogens with one attached hydrogen (secondary N) is 1. The number of anilines is 2. The summed E-state index contributed by atoms with van der Waals surface area (Å²) in [6.07, 6.45) is 2.11. The molecule has 4 heterocycles. The van der Waals surface area contributed by atoms with E-state index in [1.807, 2.05) is 30.3 Å². The topological polar surface area (TPSA) is 64.2 Å². The van der Waals surface area contributed by atoms with Crippen molar-refractivity contribution < 1.29 is 9.53 Å². The summed E-state index contributed by atoms with van der Waals surface area (Å²) in [5.41, 5.74) is 2.92. The van der Waals surface area contributed by atoms with Crippen LogP contribution in [-0.2, 0) is 4.74 Å². The van der Waals surface area contributed by atoms with E-state index in [0.29, 0.717) is 12.5 Å². The lowest BCUT2D eigenvalue weighted by atomic mass is 10.1. The molecule has 3 aliphatic heterocycles. The molecule has 8 nitrogen and oxygen atoms in total. The van der Waals surface area contributed by atoms with E-state index < -0.39 is 0 Å². The number of hydrogen-bond acceptors (Lipinski definition) is 7. The second kappa shape index (κ2) is 13.0. The summed E-state index contributed by atoms with van der Waals surface area (Å²) in [5, 5.41) is 4.13. The fourth-order valence-corrected chi connectivity index (χ4v) is 6.32. The van der Waals surface area contributed by atoms with Gasteiger partial charge in [-0.15, -0.1) is 0 Å². The monoisotopic (exact) mass is 542 g/mol. The molecule has 8 heteroatoms. The summed E-state index contributed by atoms with van der Waals surface area (Å²) in [6.45, 7) is 12.7. The van der Waals surface area contributed by atoms with Gasteiger partial charge < -0.3 is 19.9 Å². The molecule has 1 aromatic heterocycles. The molecule has 1 unspecified atom stereocenters.